The van der Waals surface area contributed by atoms with Crippen LogP contribution in [0.2, 0.25) is 0 Å². The highest BCUT2D eigenvalue weighted by atomic mass is 127. The van der Waals surface area contributed by atoms with Gasteiger partial charge in [0.15, 0.2) is 11.6 Å². The van der Waals surface area contributed by atoms with Gasteiger partial charge in [0.2, 0.25) is 0 Å². The quantitative estimate of drug-likeness (QED) is 0.390. The summed E-state index contributed by atoms with van der Waals surface area (Å²) >= 11 is 2.17. The summed E-state index contributed by atoms with van der Waals surface area (Å²) in [6, 6.07) is 7.15. The van der Waals surface area contributed by atoms with E-state index in [0.717, 1.165) is 3.57 Å². The Morgan fingerprint density at radius 3 is 2.62 bits per heavy atom. The SMILES string of the molecule is O=C(CC(=O)c1cnn2ccncc12)c1ccc(I)cc1. The van der Waals surface area contributed by atoms with Crippen LogP contribution in [0.5, 0.6) is 0 Å². The first-order chi connectivity index (χ1) is 10.1. The van der Waals surface area contributed by atoms with Gasteiger partial charge in [-0.25, -0.2) is 4.52 Å². The molecular weight excluding hydrogens is 381 g/mol. The molecule has 6 heteroatoms. The van der Waals surface area contributed by atoms with Crippen molar-refractivity contribution in [2.24, 2.45) is 0 Å². The minimum atomic E-state index is -0.249. The third kappa shape index (κ3) is 2.85. The number of halogens is 1. The Morgan fingerprint density at radius 2 is 1.86 bits per heavy atom. The van der Waals surface area contributed by atoms with Gasteiger partial charge >= 0.3 is 0 Å². The fourth-order valence-corrected chi connectivity index (χ4v) is 2.39. The van der Waals surface area contributed by atoms with Crippen molar-refractivity contribution in [1.82, 2.24) is 14.6 Å². The third-order valence-corrected chi connectivity index (χ3v) is 3.83. The summed E-state index contributed by atoms with van der Waals surface area (Å²) in [4.78, 5) is 28.4. The van der Waals surface area contributed by atoms with Gasteiger partial charge < -0.3 is 0 Å². The molecule has 0 N–H and O–H groups in total. The molecule has 2 heterocycles. The van der Waals surface area contributed by atoms with E-state index in [1.165, 1.54) is 6.20 Å². The van der Waals surface area contributed by atoms with Gasteiger partial charge in [-0.15, -0.1) is 0 Å². The Kier molecular flexibility index (Phi) is 3.78. The summed E-state index contributed by atoms with van der Waals surface area (Å²) in [6.45, 7) is 0. The lowest BCUT2D eigenvalue weighted by molar-refractivity contribution is 0.0895. The van der Waals surface area contributed by atoms with Crippen LogP contribution in [0.15, 0.2) is 49.1 Å². The highest BCUT2D eigenvalue weighted by Gasteiger charge is 2.17. The van der Waals surface area contributed by atoms with Crippen molar-refractivity contribution >= 4 is 39.7 Å². The van der Waals surface area contributed by atoms with E-state index in [1.54, 1.807) is 35.2 Å². The number of hydrogen-bond acceptors (Lipinski definition) is 4. The lowest BCUT2D eigenvalue weighted by atomic mass is 10.0. The van der Waals surface area contributed by atoms with Gasteiger partial charge in [-0.3, -0.25) is 14.6 Å². The molecule has 0 saturated heterocycles. The monoisotopic (exact) mass is 391 g/mol. The van der Waals surface area contributed by atoms with E-state index in [1.807, 2.05) is 12.1 Å². The Labute approximate surface area is 134 Å². The van der Waals surface area contributed by atoms with E-state index in [-0.39, 0.29) is 18.0 Å². The van der Waals surface area contributed by atoms with Crippen LogP contribution in [-0.4, -0.2) is 26.2 Å². The van der Waals surface area contributed by atoms with Gasteiger partial charge in [-0.05, 0) is 34.7 Å². The average Bonchev–Trinajstić information content (AvgIpc) is 2.92. The van der Waals surface area contributed by atoms with Crippen molar-refractivity contribution in [2.45, 2.75) is 6.42 Å². The molecule has 5 nitrogen and oxygen atoms in total. The molecule has 1 aromatic carbocycles. The fourth-order valence-electron chi connectivity index (χ4n) is 2.03. The van der Waals surface area contributed by atoms with E-state index in [9.17, 15) is 9.59 Å². The lowest BCUT2D eigenvalue weighted by Gasteiger charge is -2.00. The molecule has 3 aromatic rings. The average molecular weight is 391 g/mol. The summed E-state index contributed by atoms with van der Waals surface area (Å²) in [6.07, 6.45) is 6.12. The number of benzene rings is 1. The van der Waals surface area contributed by atoms with E-state index in [2.05, 4.69) is 32.7 Å². The molecule has 0 amide bonds. The molecule has 0 spiro atoms. The molecule has 0 radical (unpaired) electrons. The van der Waals surface area contributed by atoms with Gasteiger partial charge in [0.25, 0.3) is 0 Å². The minimum absolute atomic E-state index is 0.170. The van der Waals surface area contributed by atoms with Crippen LogP contribution < -0.4 is 0 Å². The van der Waals surface area contributed by atoms with Crippen molar-refractivity contribution in [3.05, 3.63) is 63.7 Å². The maximum absolute atomic E-state index is 12.3. The summed E-state index contributed by atoms with van der Waals surface area (Å²) < 4.78 is 2.61. The zero-order valence-electron chi connectivity index (χ0n) is 10.9. The highest BCUT2D eigenvalue weighted by molar-refractivity contribution is 14.1. The summed E-state index contributed by atoms with van der Waals surface area (Å²) in [5.74, 6) is -0.443. The van der Waals surface area contributed by atoms with E-state index in [4.69, 9.17) is 0 Å². The zero-order valence-corrected chi connectivity index (χ0v) is 13.0. The number of carbonyl (C=O) groups is 2. The molecule has 0 aliphatic carbocycles. The molecule has 0 bridgehead atoms. The maximum atomic E-state index is 12.3. The number of hydrogen-bond donors (Lipinski definition) is 0. The number of rotatable bonds is 4. The molecule has 0 aliphatic heterocycles. The third-order valence-electron chi connectivity index (χ3n) is 3.11. The van der Waals surface area contributed by atoms with Crippen LogP contribution in [0.4, 0.5) is 0 Å². The maximum Gasteiger partial charge on any atom is 0.174 e. The van der Waals surface area contributed by atoms with Crippen LogP contribution in [0, 0.1) is 3.57 Å². The first kappa shape index (κ1) is 13.9. The Balaban J connectivity index is 1.83. The number of nitrogens with zero attached hydrogens (tertiary/aromatic N) is 3. The van der Waals surface area contributed by atoms with Gasteiger partial charge in [0.1, 0.15) is 0 Å². The molecule has 2 aromatic heterocycles. The Hall–Kier alpha value is -2.09. The Bertz CT molecular complexity index is 824. The van der Waals surface area contributed by atoms with Crippen molar-refractivity contribution in [1.29, 1.82) is 0 Å². The molecule has 0 aliphatic rings. The largest absolute Gasteiger partial charge is 0.294 e. The molecule has 3 rings (SSSR count). The molecular formula is C15H10IN3O2. The van der Waals surface area contributed by atoms with E-state index < -0.39 is 0 Å². The van der Waals surface area contributed by atoms with Crippen LogP contribution in [0.3, 0.4) is 0 Å². The van der Waals surface area contributed by atoms with Crippen molar-refractivity contribution < 1.29 is 9.59 Å². The smallest absolute Gasteiger partial charge is 0.174 e. The van der Waals surface area contributed by atoms with Crippen LogP contribution in [0.25, 0.3) is 5.52 Å². The predicted molar refractivity (Wildman–Crippen MR) is 85.4 cm³/mol. The topological polar surface area (TPSA) is 64.3 Å². The van der Waals surface area contributed by atoms with Crippen molar-refractivity contribution in [2.75, 3.05) is 0 Å². The van der Waals surface area contributed by atoms with Gasteiger partial charge in [-0.2, -0.15) is 5.10 Å². The van der Waals surface area contributed by atoms with Gasteiger partial charge in [-0.1, -0.05) is 12.1 Å². The number of aromatic nitrogens is 3. The first-order valence-corrected chi connectivity index (χ1v) is 7.32. The number of ketones is 2. The molecule has 104 valence electrons. The summed E-state index contributed by atoms with van der Waals surface area (Å²) in [5, 5.41) is 4.07. The molecule has 0 fully saturated rings. The molecule has 21 heavy (non-hydrogen) atoms. The second-order valence-corrected chi connectivity index (χ2v) is 5.74. The van der Waals surface area contributed by atoms with Crippen molar-refractivity contribution in [3.63, 3.8) is 0 Å². The standard InChI is InChI=1S/C15H10IN3O2/c16-11-3-1-10(2-4-11)14(20)7-15(21)12-8-18-19-6-5-17-9-13(12)19/h1-6,8-9H,7H2. The minimum Gasteiger partial charge on any atom is -0.294 e. The fraction of sp³-hybridized carbons (Fsp3) is 0.0667. The number of carbonyl (C=O) groups excluding carboxylic acids is 2. The summed E-state index contributed by atoms with van der Waals surface area (Å²) in [7, 11) is 0. The second-order valence-electron chi connectivity index (χ2n) is 4.49. The number of Topliss-reactive ketones (excluding diaryl/α,β-unsaturated/α-hetero) is 2. The lowest BCUT2D eigenvalue weighted by Crippen LogP contribution is -2.08. The highest BCUT2D eigenvalue weighted by Crippen LogP contribution is 2.14. The van der Waals surface area contributed by atoms with Gasteiger partial charge in [0, 0.05) is 21.5 Å². The second kappa shape index (κ2) is 5.72. The van der Waals surface area contributed by atoms with Crippen LogP contribution in [-0.2, 0) is 0 Å². The normalized spacial score (nSPS) is 10.7. The van der Waals surface area contributed by atoms with Gasteiger partial charge in [0.05, 0.1) is 29.9 Å². The molecule has 0 atom stereocenters. The first-order valence-electron chi connectivity index (χ1n) is 6.24. The predicted octanol–water partition coefficient (Wildman–Crippen LogP) is 2.79. The molecule has 0 unspecified atom stereocenters. The zero-order chi connectivity index (χ0) is 14.8. The van der Waals surface area contributed by atoms with Crippen LogP contribution in [0.1, 0.15) is 27.1 Å². The Morgan fingerprint density at radius 1 is 1.10 bits per heavy atom. The van der Waals surface area contributed by atoms with E-state index in [0.29, 0.717) is 16.6 Å². The number of fused-ring (bicyclic) bond motifs is 1. The van der Waals surface area contributed by atoms with Crippen LogP contribution >= 0.6 is 22.6 Å². The van der Waals surface area contributed by atoms with E-state index >= 15 is 0 Å². The summed E-state index contributed by atoms with van der Waals surface area (Å²) in [5.41, 5.74) is 1.57. The molecule has 0 saturated carbocycles. The van der Waals surface area contributed by atoms with Crippen molar-refractivity contribution in [3.8, 4) is 0 Å².